The van der Waals surface area contributed by atoms with Crippen LogP contribution < -0.4 is 15.8 Å². The number of aliphatic hydroxyl groups excluding tert-OH is 1. The van der Waals surface area contributed by atoms with Gasteiger partial charge in [-0.2, -0.15) is 0 Å². The van der Waals surface area contributed by atoms with E-state index in [9.17, 15) is 23.7 Å². The Hall–Kier alpha value is -2.33. The number of para-hydroxylation sites is 1. The number of alkyl halides is 2. The summed E-state index contributed by atoms with van der Waals surface area (Å²) in [5.74, 6) is -2.91. The Morgan fingerprint density at radius 1 is 1.29 bits per heavy atom. The molecule has 0 amide bonds. The molecule has 9 nitrogen and oxygen atoms in total. The van der Waals surface area contributed by atoms with Gasteiger partial charge in [0.05, 0.1) is 0 Å². The summed E-state index contributed by atoms with van der Waals surface area (Å²) in [6, 6.07) is 8.84. The van der Waals surface area contributed by atoms with Crippen LogP contribution in [0, 0.1) is 0 Å². The average molecular weight is 418 g/mol. The molecule has 1 aliphatic rings. The molecule has 1 unspecified atom stereocenters. The topological polar surface area (TPSA) is 120 Å². The molecule has 2 heterocycles. The lowest BCUT2D eigenvalue weighted by Crippen LogP contribution is -2.47. The normalized spacial score (nSPS) is 30.9. The van der Waals surface area contributed by atoms with Gasteiger partial charge in [0.2, 0.25) is 0 Å². The summed E-state index contributed by atoms with van der Waals surface area (Å²) in [6.07, 6.45) is -3.38. The third-order valence-corrected chi connectivity index (χ3v) is 4.95. The van der Waals surface area contributed by atoms with E-state index in [-0.39, 0.29) is 5.75 Å². The molecular formula is C16H17F2N2O7P. The third-order valence-electron chi connectivity index (χ3n) is 4.17. The molecule has 1 aliphatic heterocycles. The van der Waals surface area contributed by atoms with Gasteiger partial charge in [-0.15, -0.1) is 0 Å². The van der Waals surface area contributed by atoms with Crippen LogP contribution >= 0.6 is 8.25 Å². The molecule has 28 heavy (non-hydrogen) atoms. The highest BCUT2D eigenvalue weighted by molar-refractivity contribution is 7.33. The first-order chi connectivity index (χ1) is 13.1. The van der Waals surface area contributed by atoms with Crippen molar-refractivity contribution in [1.82, 2.24) is 9.55 Å². The van der Waals surface area contributed by atoms with Gasteiger partial charge in [-0.1, -0.05) is 18.2 Å². The van der Waals surface area contributed by atoms with E-state index in [1.807, 2.05) is 4.98 Å². The van der Waals surface area contributed by atoms with Gasteiger partial charge in [0.1, 0.15) is 12.4 Å². The molecule has 0 saturated carbocycles. The Bertz CT molecular complexity index is 981. The molecule has 0 spiro atoms. The predicted molar refractivity (Wildman–Crippen MR) is 92.8 cm³/mol. The van der Waals surface area contributed by atoms with Crippen LogP contribution in [-0.4, -0.2) is 38.9 Å². The van der Waals surface area contributed by atoms with Gasteiger partial charge in [-0.3, -0.25) is 18.9 Å². The Morgan fingerprint density at radius 3 is 2.61 bits per heavy atom. The van der Waals surface area contributed by atoms with Gasteiger partial charge < -0.3 is 14.4 Å². The number of aliphatic hydroxyl groups is 1. The summed E-state index contributed by atoms with van der Waals surface area (Å²) >= 11 is 0. The van der Waals surface area contributed by atoms with Crippen molar-refractivity contribution in [2.75, 3.05) is 6.61 Å². The second-order valence-corrected chi connectivity index (χ2v) is 7.27. The minimum absolute atomic E-state index is 0.209. The Labute approximate surface area is 157 Å². The maximum absolute atomic E-state index is 15.0. The Balaban J connectivity index is 1.75. The quantitative estimate of drug-likeness (QED) is 0.679. The molecule has 0 radical (unpaired) electrons. The number of aromatic amines is 1. The van der Waals surface area contributed by atoms with Crippen molar-refractivity contribution in [3.8, 4) is 5.75 Å². The van der Waals surface area contributed by atoms with Crippen LogP contribution in [-0.2, 0) is 13.8 Å². The lowest BCUT2D eigenvalue weighted by atomic mass is 9.97. The van der Waals surface area contributed by atoms with Crippen LogP contribution in [0.25, 0.3) is 0 Å². The fourth-order valence-electron chi connectivity index (χ4n) is 2.75. The Morgan fingerprint density at radius 2 is 1.96 bits per heavy atom. The maximum atomic E-state index is 15.0. The van der Waals surface area contributed by atoms with Gasteiger partial charge in [0.25, 0.3) is 11.4 Å². The molecule has 0 aliphatic carbocycles. The standard InChI is InChI=1S/C16H17F2N2O7P/c1-15(17)12(22)16(18,9-25-28(24)27-10-5-3-2-4-6-10)26-13(15)20-8-7-11(21)19-14(20)23/h2-8,12-13,22,28H,9H2,1H3,(H,19,21,23)/t12-,13+,15+,16+/m0/s1. The first kappa shape index (κ1) is 20.4. The minimum Gasteiger partial charge on any atom is -0.426 e. The van der Waals surface area contributed by atoms with Crippen molar-refractivity contribution < 1.29 is 32.2 Å². The van der Waals surface area contributed by atoms with E-state index in [0.717, 1.165) is 19.2 Å². The van der Waals surface area contributed by atoms with Crippen molar-refractivity contribution in [3.63, 3.8) is 0 Å². The zero-order valence-corrected chi connectivity index (χ0v) is 15.5. The van der Waals surface area contributed by atoms with Crippen molar-refractivity contribution in [1.29, 1.82) is 0 Å². The Kier molecular flexibility index (Phi) is 5.53. The van der Waals surface area contributed by atoms with E-state index >= 15 is 4.39 Å². The first-order valence-electron chi connectivity index (χ1n) is 8.08. The van der Waals surface area contributed by atoms with Gasteiger partial charge in [0.15, 0.2) is 18.0 Å². The van der Waals surface area contributed by atoms with E-state index < -0.39 is 50.0 Å². The van der Waals surface area contributed by atoms with Crippen LogP contribution in [0.1, 0.15) is 13.2 Å². The lowest BCUT2D eigenvalue weighted by molar-refractivity contribution is -0.203. The highest BCUT2D eigenvalue weighted by Gasteiger charge is 2.64. The van der Waals surface area contributed by atoms with E-state index in [4.69, 9.17) is 13.8 Å². The highest BCUT2D eigenvalue weighted by atomic mass is 31.1. The summed E-state index contributed by atoms with van der Waals surface area (Å²) in [5.41, 5.74) is -4.57. The minimum atomic E-state index is -3.24. The van der Waals surface area contributed by atoms with Gasteiger partial charge in [-0.05, 0) is 19.1 Å². The number of hydrogen-bond donors (Lipinski definition) is 2. The third kappa shape index (κ3) is 3.93. The maximum Gasteiger partial charge on any atom is 0.368 e. The fourth-order valence-corrected chi connectivity index (χ4v) is 3.45. The molecule has 152 valence electrons. The molecule has 0 bridgehead atoms. The average Bonchev–Trinajstić information content (AvgIpc) is 2.82. The summed E-state index contributed by atoms with van der Waals surface area (Å²) in [5, 5.41) is 10.1. The summed E-state index contributed by atoms with van der Waals surface area (Å²) < 4.78 is 57.2. The van der Waals surface area contributed by atoms with Crippen molar-refractivity contribution in [2.24, 2.45) is 0 Å². The number of hydrogen-bond acceptors (Lipinski definition) is 7. The molecule has 1 aromatic heterocycles. The number of nitrogens with zero attached hydrogens (tertiary/aromatic N) is 1. The monoisotopic (exact) mass is 418 g/mol. The molecule has 1 saturated heterocycles. The number of halogens is 2. The predicted octanol–water partition coefficient (Wildman–Crippen LogP) is 1.31. The van der Waals surface area contributed by atoms with Crippen LogP contribution in [0.15, 0.2) is 52.2 Å². The summed E-state index contributed by atoms with van der Waals surface area (Å²) in [7, 11) is -3.24. The number of nitrogens with one attached hydrogen (secondary N) is 1. The largest absolute Gasteiger partial charge is 0.426 e. The molecule has 2 N–H and O–H groups in total. The summed E-state index contributed by atoms with van der Waals surface area (Å²) in [6.45, 7) is -0.294. The van der Waals surface area contributed by atoms with Crippen LogP contribution in [0.2, 0.25) is 0 Å². The van der Waals surface area contributed by atoms with Crippen LogP contribution in [0.3, 0.4) is 0 Å². The van der Waals surface area contributed by atoms with Crippen LogP contribution in [0.5, 0.6) is 5.75 Å². The molecule has 12 heteroatoms. The van der Waals surface area contributed by atoms with Gasteiger partial charge in [0, 0.05) is 12.3 Å². The van der Waals surface area contributed by atoms with Crippen molar-refractivity contribution in [2.45, 2.75) is 30.8 Å². The van der Waals surface area contributed by atoms with E-state index in [2.05, 4.69) is 0 Å². The van der Waals surface area contributed by atoms with Crippen molar-refractivity contribution >= 4 is 8.25 Å². The number of ether oxygens (including phenoxy) is 1. The number of rotatable bonds is 6. The van der Waals surface area contributed by atoms with Gasteiger partial charge in [-0.25, -0.2) is 18.1 Å². The van der Waals surface area contributed by atoms with E-state index in [1.165, 1.54) is 12.1 Å². The SMILES string of the molecule is C[C@]1(F)[C@H](n2ccc(=O)[nH]c2=O)O[C@](F)(CO[PH](=O)Oc2ccccc2)[C@H]1O. The van der Waals surface area contributed by atoms with Crippen molar-refractivity contribution in [3.05, 3.63) is 63.4 Å². The second-order valence-electron chi connectivity index (χ2n) is 6.28. The van der Waals surface area contributed by atoms with E-state index in [1.54, 1.807) is 18.2 Å². The molecule has 5 atom stereocenters. The molecule has 3 rings (SSSR count). The second kappa shape index (κ2) is 7.59. The number of H-pyrrole nitrogens is 1. The van der Waals surface area contributed by atoms with Crippen LogP contribution in [0.4, 0.5) is 8.78 Å². The molecule has 1 aromatic carbocycles. The highest BCUT2D eigenvalue weighted by Crippen LogP contribution is 2.48. The first-order valence-corrected chi connectivity index (χ1v) is 9.31. The molecular weight excluding hydrogens is 401 g/mol. The van der Waals surface area contributed by atoms with Gasteiger partial charge >= 0.3 is 13.9 Å². The lowest BCUT2D eigenvalue weighted by Gasteiger charge is -2.25. The smallest absolute Gasteiger partial charge is 0.368 e. The summed E-state index contributed by atoms with van der Waals surface area (Å²) in [4.78, 5) is 24.9. The van der Waals surface area contributed by atoms with E-state index in [0.29, 0.717) is 4.57 Å². The number of aromatic nitrogens is 2. The number of benzene rings is 1. The molecule has 2 aromatic rings. The zero-order chi connectivity index (χ0) is 20.5. The molecule has 1 fully saturated rings. The fraction of sp³-hybridized carbons (Fsp3) is 0.375. The zero-order valence-electron chi connectivity index (χ0n) is 14.5.